The molecule has 4 rings (SSSR count). The molecule has 170 valence electrons. The maximum absolute atomic E-state index is 13.2. The molecule has 1 aliphatic rings. The van der Waals surface area contributed by atoms with E-state index in [0.717, 1.165) is 6.42 Å². The molecule has 33 heavy (non-hydrogen) atoms. The highest BCUT2D eigenvalue weighted by atomic mass is 16.5. The van der Waals surface area contributed by atoms with Crippen LogP contribution in [0.2, 0.25) is 0 Å². The molecule has 0 radical (unpaired) electrons. The van der Waals surface area contributed by atoms with Crippen molar-refractivity contribution in [3.63, 3.8) is 0 Å². The van der Waals surface area contributed by atoms with E-state index in [4.69, 9.17) is 14.0 Å². The Morgan fingerprint density at radius 3 is 2.52 bits per heavy atom. The van der Waals surface area contributed by atoms with Crippen LogP contribution in [-0.2, 0) is 9.59 Å². The minimum Gasteiger partial charge on any atom is -0.507 e. The molecule has 0 saturated carbocycles. The SMILES string of the molecule is CCCOc1ccc(/C(O)=C2\C(=O)C(=O)N(c3cc(C)on3)[C@H]2c2ccccc2OC)cc1. The number of anilines is 1. The summed E-state index contributed by atoms with van der Waals surface area (Å²) in [7, 11) is 1.50. The number of nitrogens with zero attached hydrogens (tertiary/aromatic N) is 2. The summed E-state index contributed by atoms with van der Waals surface area (Å²) in [5.41, 5.74) is 0.852. The smallest absolute Gasteiger partial charge is 0.301 e. The predicted molar refractivity (Wildman–Crippen MR) is 121 cm³/mol. The Morgan fingerprint density at radius 2 is 1.88 bits per heavy atom. The van der Waals surface area contributed by atoms with Gasteiger partial charge in [-0.1, -0.05) is 30.3 Å². The summed E-state index contributed by atoms with van der Waals surface area (Å²) >= 11 is 0. The van der Waals surface area contributed by atoms with Crippen LogP contribution < -0.4 is 14.4 Å². The molecule has 1 N–H and O–H groups in total. The van der Waals surface area contributed by atoms with Gasteiger partial charge in [0.2, 0.25) is 0 Å². The second kappa shape index (κ2) is 9.20. The average molecular weight is 448 g/mol. The van der Waals surface area contributed by atoms with Crippen LogP contribution >= 0.6 is 0 Å². The zero-order chi connectivity index (χ0) is 23.5. The van der Waals surface area contributed by atoms with Crippen LogP contribution in [0.3, 0.4) is 0 Å². The number of rotatable bonds is 7. The second-order valence-corrected chi connectivity index (χ2v) is 7.58. The Hall–Kier alpha value is -4.07. The maximum Gasteiger partial charge on any atom is 0.301 e. The summed E-state index contributed by atoms with van der Waals surface area (Å²) in [4.78, 5) is 27.5. The van der Waals surface area contributed by atoms with Gasteiger partial charge in [0, 0.05) is 17.2 Å². The summed E-state index contributed by atoms with van der Waals surface area (Å²) in [5.74, 6) is -0.175. The molecule has 1 fully saturated rings. The number of hydrogen-bond donors (Lipinski definition) is 1. The Labute approximate surface area is 191 Å². The van der Waals surface area contributed by atoms with Crippen LogP contribution in [0.5, 0.6) is 11.5 Å². The Bertz CT molecular complexity index is 1210. The zero-order valence-corrected chi connectivity index (χ0v) is 18.6. The summed E-state index contributed by atoms with van der Waals surface area (Å²) in [6, 6.07) is 14.3. The highest BCUT2D eigenvalue weighted by molar-refractivity contribution is 6.51. The van der Waals surface area contributed by atoms with Gasteiger partial charge < -0.3 is 19.1 Å². The van der Waals surface area contributed by atoms with E-state index < -0.39 is 17.7 Å². The van der Waals surface area contributed by atoms with Crippen LogP contribution in [-0.4, -0.2) is 35.7 Å². The largest absolute Gasteiger partial charge is 0.507 e. The molecule has 0 unspecified atom stereocenters. The first-order valence-electron chi connectivity index (χ1n) is 10.6. The standard InChI is InChI=1S/C25H24N2O6/c1-4-13-32-17-11-9-16(10-12-17)23(28)21-22(18-7-5-6-8-19(18)31-3)27(25(30)24(21)29)20-14-15(2)33-26-20/h5-12,14,22,28H,4,13H2,1-3H3/b23-21+/t22-/m0/s1. The van der Waals surface area contributed by atoms with E-state index in [9.17, 15) is 14.7 Å². The van der Waals surface area contributed by atoms with Crippen molar-refractivity contribution in [1.82, 2.24) is 5.16 Å². The number of benzene rings is 2. The first-order valence-corrected chi connectivity index (χ1v) is 10.6. The number of hydrogen-bond acceptors (Lipinski definition) is 7. The number of aliphatic hydroxyl groups excluding tert-OH is 1. The van der Waals surface area contributed by atoms with E-state index in [2.05, 4.69) is 5.16 Å². The van der Waals surface area contributed by atoms with Gasteiger partial charge in [-0.15, -0.1) is 0 Å². The second-order valence-electron chi connectivity index (χ2n) is 7.58. The van der Waals surface area contributed by atoms with Crippen LogP contribution in [0, 0.1) is 6.92 Å². The number of amides is 1. The van der Waals surface area contributed by atoms with E-state index in [1.807, 2.05) is 6.92 Å². The number of carbonyl (C=O) groups excluding carboxylic acids is 2. The minimum atomic E-state index is -0.957. The summed E-state index contributed by atoms with van der Waals surface area (Å²) in [6.07, 6.45) is 0.867. The normalized spacial score (nSPS) is 17.4. The number of aliphatic hydroxyl groups is 1. The Balaban J connectivity index is 1.87. The lowest BCUT2D eigenvalue weighted by Gasteiger charge is -2.24. The van der Waals surface area contributed by atoms with Crippen molar-refractivity contribution in [1.29, 1.82) is 0 Å². The lowest BCUT2D eigenvalue weighted by Crippen LogP contribution is -2.29. The van der Waals surface area contributed by atoms with Gasteiger partial charge in [0.1, 0.15) is 29.1 Å². The highest BCUT2D eigenvalue weighted by Gasteiger charge is 2.49. The molecule has 0 spiro atoms. The third-order valence-corrected chi connectivity index (χ3v) is 5.34. The first-order chi connectivity index (χ1) is 16.0. The lowest BCUT2D eigenvalue weighted by atomic mass is 9.94. The highest BCUT2D eigenvalue weighted by Crippen LogP contribution is 2.44. The number of aryl methyl sites for hydroxylation is 1. The number of para-hydroxylation sites is 1. The molecule has 1 aliphatic heterocycles. The molecule has 1 aromatic heterocycles. The molecule has 2 aromatic carbocycles. The fourth-order valence-electron chi connectivity index (χ4n) is 3.81. The van der Waals surface area contributed by atoms with Gasteiger partial charge in [-0.3, -0.25) is 14.5 Å². The summed E-state index contributed by atoms with van der Waals surface area (Å²) in [5, 5.41) is 15.1. The van der Waals surface area contributed by atoms with Crippen molar-refractivity contribution in [2.75, 3.05) is 18.6 Å². The molecule has 1 amide bonds. The molecular weight excluding hydrogens is 424 g/mol. The van der Waals surface area contributed by atoms with Crippen LogP contribution in [0.15, 0.2) is 64.7 Å². The number of carbonyl (C=O) groups is 2. The van der Waals surface area contributed by atoms with Gasteiger partial charge >= 0.3 is 5.91 Å². The molecule has 1 atom stereocenters. The van der Waals surface area contributed by atoms with E-state index in [1.54, 1.807) is 61.5 Å². The Kier molecular flexibility index (Phi) is 6.17. The van der Waals surface area contributed by atoms with E-state index in [0.29, 0.717) is 35.0 Å². The lowest BCUT2D eigenvalue weighted by molar-refractivity contribution is -0.132. The fourth-order valence-corrected chi connectivity index (χ4v) is 3.81. The molecule has 8 heteroatoms. The molecular formula is C25H24N2O6. The van der Waals surface area contributed by atoms with Crippen molar-refractivity contribution in [3.05, 3.63) is 77.1 Å². The van der Waals surface area contributed by atoms with Crippen molar-refractivity contribution in [2.45, 2.75) is 26.3 Å². The van der Waals surface area contributed by atoms with E-state index >= 15 is 0 Å². The number of aromatic nitrogens is 1. The fraction of sp³-hybridized carbons (Fsp3) is 0.240. The quantitative estimate of drug-likeness (QED) is 0.325. The third-order valence-electron chi connectivity index (χ3n) is 5.34. The van der Waals surface area contributed by atoms with Gasteiger partial charge in [-0.25, -0.2) is 0 Å². The average Bonchev–Trinajstić information content (AvgIpc) is 3.37. The Morgan fingerprint density at radius 1 is 1.15 bits per heavy atom. The molecule has 2 heterocycles. The van der Waals surface area contributed by atoms with Crippen LogP contribution in [0.4, 0.5) is 5.82 Å². The van der Waals surface area contributed by atoms with Crippen molar-refractivity contribution >= 4 is 23.3 Å². The molecule has 0 bridgehead atoms. The zero-order valence-electron chi connectivity index (χ0n) is 18.6. The van der Waals surface area contributed by atoms with Gasteiger partial charge in [0.05, 0.1) is 19.3 Å². The van der Waals surface area contributed by atoms with Crippen LogP contribution in [0.1, 0.15) is 36.3 Å². The van der Waals surface area contributed by atoms with Crippen molar-refractivity contribution in [3.8, 4) is 11.5 Å². The molecule has 1 saturated heterocycles. The van der Waals surface area contributed by atoms with E-state index in [-0.39, 0.29) is 17.2 Å². The number of methoxy groups -OCH3 is 1. The first kappa shape index (κ1) is 22.1. The monoisotopic (exact) mass is 448 g/mol. The van der Waals surface area contributed by atoms with E-state index in [1.165, 1.54) is 12.0 Å². The van der Waals surface area contributed by atoms with Crippen molar-refractivity contribution < 1.29 is 28.7 Å². The van der Waals surface area contributed by atoms with Gasteiger partial charge in [-0.05, 0) is 43.7 Å². The number of ketones is 1. The maximum atomic E-state index is 13.2. The third kappa shape index (κ3) is 4.07. The minimum absolute atomic E-state index is 0.0626. The van der Waals surface area contributed by atoms with Crippen molar-refractivity contribution in [2.24, 2.45) is 0 Å². The number of Topliss-reactive ketones (excluding diaryl/α,β-unsaturated/α-hetero) is 1. The van der Waals surface area contributed by atoms with Gasteiger partial charge in [0.15, 0.2) is 5.82 Å². The number of ether oxygens (including phenoxy) is 2. The molecule has 3 aromatic rings. The van der Waals surface area contributed by atoms with Gasteiger partial charge in [-0.2, -0.15) is 0 Å². The van der Waals surface area contributed by atoms with Gasteiger partial charge in [0.25, 0.3) is 5.78 Å². The predicted octanol–water partition coefficient (Wildman–Crippen LogP) is 4.41. The van der Waals surface area contributed by atoms with Crippen LogP contribution in [0.25, 0.3) is 5.76 Å². The molecule has 8 nitrogen and oxygen atoms in total. The summed E-state index contributed by atoms with van der Waals surface area (Å²) < 4.78 is 16.2. The summed E-state index contributed by atoms with van der Waals surface area (Å²) in [6.45, 7) is 4.27. The topological polar surface area (TPSA) is 102 Å². The molecule has 0 aliphatic carbocycles.